The average Bonchev–Trinajstić information content (AvgIpc) is 3.27. The molecule has 0 radical (unpaired) electrons. The summed E-state index contributed by atoms with van der Waals surface area (Å²) in [5.41, 5.74) is 2.89. The van der Waals surface area contributed by atoms with E-state index in [1.807, 2.05) is 19.2 Å². The molecule has 1 aromatic carbocycles. The molecular weight excluding hydrogens is 447 g/mol. The molecule has 6 nitrogen and oxygen atoms in total. The highest BCUT2D eigenvalue weighted by atomic mass is 19.3. The maximum absolute atomic E-state index is 13.6. The molecule has 0 unspecified atom stereocenters. The molecule has 1 N–H and O–H groups in total. The molecule has 34 heavy (non-hydrogen) atoms. The summed E-state index contributed by atoms with van der Waals surface area (Å²) in [6, 6.07) is 6.43. The van der Waals surface area contributed by atoms with Gasteiger partial charge in [0.15, 0.2) is 6.61 Å². The Labute approximate surface area is 197 Å². The molecule has 1 saturated heterocycles. The van der Waals surface area contributed by atoms with Crippen molar-refractivity contribution in [3.8, 4) is 0 Å². The first kappa shape index (κ1) is 24.6. The molecule has 186 valence electrons. The van der Waals surface area contributed by atoms with Gasteiger partial charge in [-0.05, 0) is 74.6 Å². The van der Waals surface area contributed by atoms with Crippen molar-refractivity contribution >= 4 is 6.09 Å². The Balaban J connectivity index is 1.40. The number of aromatic amines is 1. The summed E-state index contributed by atoms with van der Waals surface area (Å²) in [7, 11) is 0. The number of rotatable bonds is 7. The molecule has 2 aliphatic rings. The molecule has 1 aliphatic carbocycles. The van der Waals surface area contributed by atoms with Crippen LogP contribution in [0.1, 0.15) is 67.2 Å². The molecule has 1 amide bonds. The van der Waals surface area contributed by atoms with Crippen LogP contribution in [-0.2, 0) is 9.47 Å². The first-order chi connectivity index (χ1) is 16.4. The second-order valence-electron chi connectivity index (χ2n) is 9.29. The highest BCUT2D eigenvalue weighted by Gasteiger charge is 2.39. The van der Waals surface area contributed by atoms with E-state index in [0.717, 1.165) is 55.3 Å². The van der Waals surface area contributed by atoms with Crippen LogP contribution in [0.4, 0.5) is 18.0 Å². The van der Waals surface area contributed by atoms with Crippen LogP contribution < -0.4 is 0 Å². The monoisotopic (exact) mass is 479 g/mol. The van der Waals surface area contributed by atoms with Gasteiger partial charge in [0.1, 0.15) is 5.82 Å². The lowest BCUT2D eigenvalue weighted by atomic mass is 9.82. The van der Waals surface area contributed by atoms with Crippen LogP contribution in [0.15, 0.2) is 30.5 Å². The lowest BCUT2D eigenvalue weighted by Crippen LogP contribution is -2.51. The number of aromatic nitrogens is 2. The van der Waals surface area contributed by atoms with Gasteiger partial charge in [-0.15, -0.1) is 0 Å². The van der Waals surface area contributed by atoms with Crippen molar-refractivity contribution in [2.75, 3.05) is 19.8 Å². The number of hydrogen-bond acceptors (Lipinski definition) is 4. The summed E-state index contributed by atoms with van der Waals surface area (Å²) in [6.07, 6.45) is 3.46. The zero-order valence-corrected chi connectivity index (χ0v) is 19.4. The number of carbonyl (C=O) groups excluding carboxylic acids is 1. The van der Waals surface area contributed by atoms with Crippen LogP contribution in [-0.4, -0.2) is 59.5 Å². The third kappa shape index (κ3) is 5.92. The van der Waals surface area contributed by atoms with Crippen molar-refractivity contribution in [3.05, 3.63) is 53.1 Å². The first-order valence-corrected chi connectivity index (χ1v) is 12.0. The van der Waals surface area contributed by atoms with Gasteiger partial charge in [0.25, 0.3) is 6.43 Å². The van der Waals surface area contributed by atoms with E-state index in [1.54, 1.807) is 12.1 Å². The molecule has 1 aliphatic heterocycles. The topological polar surface area (TPSA) is 67.5 Å². The summed E-state index contributed by atoms with van der Waals surface area (Å²) < 4.78 is 50.0. The number of nitrogens with one attached hydrogen (secondary N) is 1. The van der Waals surface area contributed by atoms with E-state index in [-0.39, 0.29) is 30.5 Å². The lowest BCUT2D eigenvalue weighted by Gasteiger charge is -2.41. The summed E-state index contributed by atoms with van der Waals surface area (Å²) in [5, 5.41) is 7.27. The molecule has 2 aromatic rings. The van der Waals surface area contributed by atoms with Crippen LogP contribution in [0.25, 0.3) is 0 Å². The van der Waals surface area contributed by atoms with Crippen molar-refractivity contribution in [2.24, 2.45) is 0 Å². The van der Waals surface area contributed by atoms with Crippen molar-refractivity contribution in [1.82, 2.24) is 15.1 Å². The minimum Gasteiger partial charge on any atom is -0.443 e. The zero-order valence-electron chi connectivity index (χ0n) is 19.4. The van der Waals surface area contributed by atoms with Gasteiger partial charge < -0.3 is 14.4 Å². The quantitative estimate of drug-likeness (QED) is 0.566. The van der Waals surface area contributed by atoms with Gasteiger partial charge in [0.2, 0.25) is 0 Å². The van der Waals surface area contributed by atoms with E-state index in [1.165, 1.54) is 11.0 Å². The summed E-state index contributed by atoms with van der Waals surface area (Å²) in [4.78, 5) is 14.2. The number of hydrogen-bond donors (Lipinski definition) is 1. The standard InChI is InChI=1S/C25H32F3N3O3/c1-16-13-29-30-24(16)21-6-3-11-31(25(32)34-15-23(27)28)22(21)14-33-20-9-7-17(8-10-20)18-4-2-5-19(26)12-18/h2,4-5,12-13,17,20-23H,3,6-11,14-15H2,1H3,(H,29,30)/t17-,20+,21-,22-/m0/s1. The van der Waals surface area contributed by atoms with Crippen molar-refractivity contribution in [1.29, 1.82) is 0 Å². The van der Waals surface area contributed by atoms with Crippen molar-refractivity contribution in [3.63, 3.8) is 0 Å². The molecule has 4 rings (SSSR count). The van der Waals surface area contributed by atoms with Crippen LogP contribution in [0.2, 0.25) is 0 Å². The fourth-order valence-electron chi connectivity index (χ4n) is 5.32. The van der Waals surface area contributed by atoms with Gasteiger partial charge in [-0.3, -0.25) is 5.10 Å². The van der Waals surface area contributed by atoms with Crippen LogP contribution in [0.5, 0.6) is 0 Å². The number of ether oxygens (including phenoxy) is 2. The Bertz CT molecular complexity index is 946. The SMILES string of the molecule is Cc1c[nH]nc1[C@H]1CCCN(C(=O)OCC(F)F)[C@H]1CO[C@H]1CC[C@@H](c2cccc(F)c2)CC1. The average molecular weight is 480 g/mol. The smallest absolute Gasteiger partial charge is 0.410 e. The zero-order chi connectivity index (χ0) is 24.1. The minimum absolute atomic E-state index is 0.0339. The van der Waals surface area contributed by atoms with E-state index < -0.39 is 19.1 Å². The predicted octanol–water partition coefficient (Wildman–Crippen LogP) is 5.55. The third-order valence-corrected chi connectivity index (χ3v) is 7.06. The lowest BCUT2D eigenvalue weighted by molar-refractivity contribution is -0.0323. The van der Waals surface area contributed by atoms with E-state index in [2.05, 4.69) is 10.2 Å². The first-order valence-electron chi connectivity index (χ1n) is 12.0. The molecule has 9 heteroatoms. The van der Waals surface area contributed by atoms with Gasteiger partial charge in [-0.1, -0.05) is 12.1 Å². The highest BCUT2D eigenvalue weighted by molar-refractivity contribution is 5.68. The van der Waals surface area contributed by atoms with E-state index >= 15 is 0 Å². The summed E-state index contributed by atoms with van der Waals surface area (Å²) in [5.74, 6) is 0.0277. The van der Waals surface area contributed by atoms with Gasteiger partial charge in [0, 0.05) is 18.7 Å². The fraction of sp³-hybridized carbons (Fsp3) is 0.600. The summed E-state index contributed by atoms with van der Waals surface area (Å²) in [6.45, 7) is 1.76. The molecule has 1 aromatic heterocycles. The second kappa shape index (κ2) is 11.3. The van der Waals surface area contributed by atoms with Gasteiger partial charge >= 0.3 is 6.09 Å². The molecule has 2 atom stereocenters. The molecular formula is C25H32F3N3O3. The van der Waals surface area contributed by atoms with E-state index in [0.29, 0.717) is 12.5 Å². The Kier molecular flexibility index (Phi) is 8.13. The second-order valence-corrected chi connectivity index (χ2v) is 9.29. The Morgan fingerprint density at radius 2 is 2.03 bits per heavy atom. The normalized spacial score (nSPS) is 25.5. The van der Waals surface area contributed by atoms with Crippen LogP contribution in [0.3, 0.4) is 0 Å². The third-order valence-electron chi connectivity index (χ3n) is 7.06. The van der Waals surface area contributed by atoms with Crippen LogP contribution in [0, 0.1) is 12.7 Å². The van der Waals surface area contributed by atoms with Crippen LogP contribution >= 0.6 is 0 Å². The number of nitrogens with zero attached hydrogens (tertiary/aromatic N) is 2. The van der Waals surface area contributed by atoms with E-state index in [4.69, 9.17) is 9.47 Å². The number of H-pyrrole nitrogens is 1. The number of carbonyl (C=O) groups is 1. The Morgan fingerprint density at radius 1 is 1.24 bits per heavy atom. The number of likely N-dealkylation sites (tertiary alicyclic amines) is 1. The van der Waals surface area contributed by atoms with E-state index in [9.17, 15) is 18.0 Å². The largest absolute Gasteiger partial charge is 0.443 e. The molecule has 2 heterocycles. The van der Waals surface area contributed by atoms with Crippen molar-refractivity contribution < 1.29 is 27.4 Å². The van der Waals surface area contributed by atoms with Gasteiger partial charge in [-0.2, -0.15) is 5.10 Å². The van der Waals surface area contributed by atoms with Gasteiger partial charge in [0.05, 0.1) is 24.4 Å². The number of benzene rings is 1. The fourth-order valence-corrected chi connectivity index (χ4v) is 5.32. The highest BCUT2D eigenvalue weighted by Crippen LogP contribution is 2.37. The minimum atomic E-state index is -2.71. The molecule has 0 bridgehead atoms. The maximum Gasteiger partial charge on any atom is 0.410 e. The molecule has 2 fully saturated rings. The predicted molar refractivity (Wildman–Crippen MR) is 120 cm³/mol. The number of aryl methyl sites for hydroxylation is 1. The Morgan fingerprint density at radius 3 is 2.71 bits per heavy atom. The number of alkyl halides is 2. The molecule has 1 saturated carbocycles. The van der Waals surface area contributed by atoms with Gasteiger partial charge in [-0.25, -0.2) is 18.0 Å². The number of amides is 1. The Hall–Kier alpha value is -2.55. The number of halogens is 3. The summed E-state index contributed by atoms with van der Waals surface area (Å²) >= 11 is 0. The molecule has 0 spiro atoms. The maximum atomic E-state index is 13.6. The number of piperidine rings is 1. The van der Waals surface area contributed by atoms with Crippen molar-refractivity contribution in [2.45, 2.75) is 75.9 Å².